The van der Waals surface area contributed by atoms with Crippen molar-refractivity contribution in [3.05, 3.63) is 29.6 Å². The highest BCUT2D eigenvalue weighted by molar-refractivity contribution is 5.73. The van der Waals surface area contributed by atoms with E-state index in [9.17, 15) is 9.18 Å². The summed E-state index contributed by atoms with van der Waals surface area (Å²) in [5.41, 5.74) is 1.37. The molecule has 4 nitrogen and oxygen atoms in total. The number of hydrogen-bond acceptors (Lipinski definition) is 3. The molecule has 0 radical (unpaired) electrons. The maximum Gasteiger partial charge on any atom is 0.323 e. The number of anilines is 1. The molecule has 0 saturated carbocycles. The van der Waals surface area contributed by atoms with Gasteiger partial charge in [0.1, 0.15) is 12.4 Å². The molecule has 0 amide bonds. The largest absolute Gasteiger partial charge is 0.480 e. The molecule has 1 saturated heterocycles. The van der Waals surface area contributed by atoms with Gasteiger partial charge < -0.3 is 10.0 Å². The van der Waals surface area contributed by atoms with Crippen molar-refractivity contribution in [3.8, 4) is 0 Å². The smallest absolute Gasteiger partial charge is 0.323 e. The zero-order chi connectivity index (χ0) is 16.3. The lowest BCUT2D eigenvalue weighted by Crippen LogP contribution is -2.38. The minimum absolute atomic E-state index is 0.210. The van der Waals surface area contributed by atoms with Gasteiger partial charge in [-0.15, -0.1) is 0 Å². The van der Waals surface area contributed by atoms with Gasteiger partial charge in [0.25, 0.3) is 0 Å². The van der Waals surface area contributed by atoms with Crippen LogP contribution in [0, 0.1) is 17.7 Å². The highest BCUT2D eigenvalue weighted by Crippen LogP contribution is 2.25. The molecule has 0 bridgehead atoms. The number of aliphatic carboxylic acids is 1. The Bertz CT molecular complexity index is 525. The van der Waals surface area contributed by atoms with Crippen LogP contribution < -0.4 is 4.90 Å². The Balaban J connectivity index is 2.10. The minimum Gasteiger partial charge on any atom is -0.480 e. The molecule has 1 aliphatic heterocycles. The highest BCUT2D eigenvalue weighted by Gasteiger charge is 2.22. The molecular weight excluding hydrogens is 283 g/mol. The van der Waals surface area contributed by atoms with Crippen molar-refractivity contribution in [1.82, 2.24) is 4.90 Å². The van der Waals surface area contributed by atoms with Gasteiger partial charge in [0.05, 0.1) is 5.69 Å². The third-order valence-electron chi connectivity index (χ3n) is 4.14. The summed E-state index contributed by atoms with van der Waals surface area (Å²) >= 11 is 0. The molecule has 5 heteroatoms. The second kappa shape index (κ2) is 7.09. The van der Waals surface area contributed by atoms with Crippen LogP contribution in [0.3, 0.4) is 0 Å². The maximum atomic E-state index is 13.9. The van der Waals surface area contributed by atoms with Crippen LogP contribution >= 0.6 is 0 Å². The maximum absolute atomic E-state index is 13.9. The van der Waals surface area contributed by atoms with E-state index in [2.05, 4.69) is 18.7 Å². The number of likely N-dealkylation sites (N-methyl/N-ethyl adjacent to an activating group) is 1. The first-order valence-electron chi connectivity index (χ1n) is 7.79. The lowest BCUT2D eigenvalue weighted by Gasteiger charge is -2.35. The molecule has 1 aromatic carbocycles. The molecule has 2 atom stereocenters. The molecule has 22 heavy (non-hydrogen) atoms. The summed E-state index contributed by atoms with van der Waals surface area (Å²) in [4.78, 5) is 14.6. The van der Waals surface area contributed by atoms with Crippen LogP contribution in [0.15, 0.2) is 18.2 Å². The van der Waals surface area contributed by atoms with Crippen LogP contribution in [0.1, 0.15) is 25.8 Å². The van der Waals surface area contributed by atoms with Crippen molar-refractivity contribution in [2.45, 2.75) is 26.8 Å². The highest BCUT2D eigenvalue weighted by atomic mass is 19.1. The number of benzene rings is 1. The number of halogens is 1. The SMILES string of the molecule is CC1CC(C)CN(Cc2ccc(F)c(N(C)CC(=O)O)c2)C1. The zero-order valence-corrected chi connectivity index (χ0v) is 13.6. The van der Waals surface area contributed by atoms with E-state index in [-0.39, 0.29) is 12.4 Å². The molecule has 2 unspecified atom stereocenters. The first-order chi connectivity index (χ1) is 10.3. The van der Waals surface area contributed by atoms with E-state index >= 15 is 0 Å². The summed E-state index contributed by atoms with van der Waals surface area (Å²) in [5, 5.41) is 8.85. The molecule has 1 aliphatic rings. The summed E-state index contributed by atoms with van der Waals surface area (Å²) in [7, 11) is 1.60. The van der Waals surface area contributed by atoms with E-state index in [1.807, 2.05) is 0 Å². The van der Waals surface area contributed by atoms with Crippen molar-refractivity contribution in [1.29, 1.82) is 0 Å². The topological polar surface area (TPSA) is 43.8 Å². The normalized spacial score (nSPS) is 22.5. The van der Waals surface area contributed by atoms with Crippen LogP contribution in [-0.4, -0.2) is 42.7 Å². The molecule has 0 spiro atoms. The average Bonchev–Trinajstić information content (AvgIpc) is 2.39. The van der Waals surface area contributed by atoms with Gasteiger partial charge in [-0.25, -0.2) is 4.39 Å². The Morgan fingerprint density at radius 2 is 2.00 bits per heavy atom. The summed E-state index contributed by atoms with van der Waals surface area (Å²) in [5.74, 6) is 0.00979. The zero-order valence-electron chi connectivity index (χ0n) is 13.6. The molecule has 1 aromatic rings. The number of carbonyl (C=O) groups is 1. The fourth-order valence-corrected chi connectivity index (χ4v) is 3.42. The van der Waals surface area contributed by atoms with Crippen molar-refractivity contribution in [2.24, 2.45) is 11.8 Å². The summed E-state index contributed by atoms with van der Waals surface area (Å²) in [6.07, 6.45) is 1.26. The summed E-state index contributed by atoms with van der Waals surface area (Å²) < 4.78 is 13.9. The van der Waals surface area contributed by atoms with Gasteiger partial charge in [-0.2, -0.15) is 0 Å². The fraction of sp³-hybridized carbons (Fsp3) is 0.588. The Morgan fingerprint density at radius 1 is 1.36 bits per heavy atom. The Morgan fingerprint density at radius 3 is 2.59 bits per heavy atom. The number of rotatable bonds is 5. The Labute approximate surface area is 131 Å². The third-order valence-corrected chi connectivity index (χ3v) is 4.14. The van der Waals surface area contributed by atoms with Gasteiger partial charge >= 0.3 is 5.97 Å². The Kier molecular flexibility index (Phi) is 5.40. The van der Waals surface area contributed by atoms with Crippen LogP contribution in [0.4, 0.5) is 10.1 Å². The molecule has 1 N–H and O–H groups in total. The van der Waals surface area contributed by atoms with Crippen LogP contribution in [-0.2, 0) is 11.3 Å². The van der Waals surface area contributed by atoms with Gasteiger partial charge in [-0.05, 0) is 36.0 Å². The van der Waals surface area contributed by atoms with Gasteiger partial charge in [0, 0.05) is 26.7 Å². The Hall–Kier alpha value is -1.62. The number of nitrogens with zero attached hydrogens (tertiary/aromatic N) is 2. The van der Waals surface area contributed by atoms with Crippen molar-refractivity contribution in [3.63, 3.8) is 0 Å². The molecule has 1 fully saturated rings. The summed E-state index contributed by atoms with van der Waals surface area (Å²) in [6, 6.07) is 4.99. The predicted octanol–water partition coefficient (Wildman–Crippen LogP) is 2.82. The number of carboxylic acid groups (broad SMARTS) is 1. The minimum atomic E-state index is -0.967. The van der Waals surface area contributed by atoms with E-state index in [1.165, 1.54) is 17.4 Å². The molecule has 2 rings (SSSR count). The van der Waals surface area contributed by atoms with Gasteiger partial charge in [0.2, 0.25) is 0 Å². The average molecular weight is 308 g/mol. The van der Waals surface area contributed by atoms with E-state index in [4.69, 9.17) is 5.11 Å². The van der Waals surface area contributed by atoms with E-state index in [0.717, 1.165) is 25.2 Å². The molecule has 0 aromatic heterocycles. The van der Waals surface area contributed by atoms with Gasteiger partial charge in [0.15, 0.2) is 0 Å². The van der Waals surface area contributed by atoms with E-state index in [1.54, 1.807) is 19.2 Å². The molecule has 1 heterocycles. The fourth-order valence-electron chi connectivity index (χ4n) is 3.42. The number of piperidine rings is 1. The second-order valence-corrected chi connectivity index (χ2v) is 6.68. The standard InChI is InChI=1S/C17H25FN2O2/c1-12-6-13(2)9-20(8-12)10-14-4-5-15(18)16(7-14)19(3)11-17(21)22/h4-5,7,12-13H,6,8-11H2,1-3H3,(H,21,22). The first-order valence-corrected chi connectivity index (χ1v) is 7.79. The van der Waals surface area contributed by atoms with Crippen LogP contribution in [0.25, 0.3) is 0 Å². The van der Waals surface area contributed by atoms with Crippen LogP contribution in [0.5, 0.6) is 0 Å². The van der Waals surface area contributed by atoms with Crippen LogP contribution in [0.2, 0.25) is 0 Å². The van der Waals surface area contributed by atoms with E-state index < -0.39 is 5.97 Å². The van der Waals surface area contributed by atoms with Gasteiger partial charge in [-0.3, -0.25) is 9.69 Å². The lowest BCUT2D eigenvalue weighted by atomic mass is 9.91. The van der Waals surface area contributed by atoms with E-state index in [0.29, 0.717) is 17.5 Å². The molecule has 0 aliphatic carbocycles. The summed E-state index contributed by atoms with van der Waals surface area (Å²) in [6.45, 7) is 7.21. The second-order valence-electron chi connectivity index (χ2n) is 6.68. The van der Waals surface area contributed by atoms with Crippen molar-refractivity contribution >= 4 is 11.7 Å². The van der Waals surface area contributed by atoms with Gasteiger partial charge in [-0.1, -0.05) is 19.9 Å². The lowest BCUT2D eigenvalue weighted by molar-refractivity contribution is -0.135. The number of likely N-dealkylation sites (tertiary alicyclic amines) is 1. The number of hydrogen-bond donors (Lipinski definition) is 1. The van der Waals surface area contributed by atoms with Crippen molar-refractivity contribution < 1.29 is 14.3 Å². The quantitative estimate of drug-likeness (QED) is 0.908. The predicted molar refractivity (Wildman–Crippen MR) is 85.5 cm³/mol. The molecule has 122 valence electrons. The molecular formula is C17H25FN2O2. The first kappa shape index (κ1) is 16.7. The number of carboxylic acids is 1. The monoisotopic (exact) mass is 308 g/mol. The third kappa shape index (κ3) is 4.44. The van der Waals surface area contributed by atoms with Crippen molar-refractivity contribution in [2.75, 3.05) is 31.6 Å².